The van der Waals surface area contributed by atoms with Crippen molar-refractivity contribution in [3.63, 3.8) is 0 Å². The molecule has 0 N–H and O–H groups in total. The number of halogens is 1. The fourth-order valence-corrected chi connectivity index (χ4v) is 8.37. The third-order valence-electron chi connectivity index (χ3n) is 7.57. The van der Waals surface area contributed by atoms with Crippen molar-refractivity contribution in [2.24, 2.45) is 0 Å². The Morgan fingerprint density at radius 2 is 1.97 bits per heavy atom. The van der Waals surface area contributed by atoms with Crippen molar-refractivity contribution in [3.05, 3.63) is 55.3 Å². The van der Waals surface area contributed by atoms with Gasteiger partial charge in [0.2, 0.25) is 5.91 Å². The zero-order valence-electron chi connectivity index (χ0n) is 19.9. The average molecular weight is 485 g/mol. The van der Waals surface area contributed by atoms with Crippen LogP contribution in [0.25, 0.3) is 10.1 Å². The molecule has 1 aromatic carbocycles. The van der Waals surface area contributed by atoms with Crippen LogP contribution >= 0.6 is 22.7 Å². The molecule has 5 rings (SSSR count). The highest BCUT2D eigenvalue weighted by Gasteiger charge is 2.27. The number of amides is 1. The molecule has 4 heterocycles. The molecule has 2 aliphatic heterocycles. The molecule has 1 saturated heterocycles. The van der Waals surface area contributed by atoms with Gasteiger partial charge in [0.15, 0.2) is 0 Å². The van der Waals surface area contributed by atoms with E-state index in [0.717, 1.165) is 56.7 Å². The van der Waals surface area contributed by atoms with Gasteiger partial charge in [0.1, 0.15) is 5.82 Å². The number of rotatable bonds is 5. The monoisotopic (exact) mass is 484 g/mol. The van der Waals surface area contributed by atoms with Crippen LogP contribution in [0.1, 0.15) is 63.9 Å². The molecule has 0 spiro atoms. The Morgan fingerprint density at radius 1 is 1.18 bits per heavy atom. The predicted octanol–water partition coefficient (Wildman–Crippen LogP) is 6.30. The lowest BCUT2D eigenvalue weighted by Crippen LogP contribution is -2.34. The molecule has 0 atom stereocenters. The fraction of sp³-hybridized carbons (Fsp3) is 0.519. The molecule has 0 unspecified atom stereocenters. The van der Waals surface area contributed by atoms with Gasteiger partial charge in [-0.2, -0.15) is 0 Å². The van der Waals surface area contributed by atoms with Gasteiger partial charge in [-0.15, -0.1) is 22.7 Å². The molecule has 0 bridgehead atoms. The number of carbonyl (C=O) groups is 1. The molecule has 1 amide bonds. The molecule has 0 saturated carbocycles. The first-order valence-electron chi connectivity index (χ1n) is 12.2. The van der Waals surface area contributed by atoms with Crippen LogP contribution in [0.2, 0.25) is 0 Å². The van der Waals surface area contributed by atoms with Crippen LogP contribution in [0.5, 0.6) is 0 Å². The highest BCUT2D eigenvalue weighted by molar-refractivity contribution is 7.19. The lowest BCUT2D eigenvalue weighted by Gasteiger charge is -2.32. The molecule has 3 aromatic rings. The SMILES string of the molecule is CCc1c(CCN2CCC(c3c(C)sc4cc(F)ccc34)CC2)sc2c1CN(C(C)=O)CC2. The maximum Gasteiger partial charge on any atom is 0.219 e. The summed E-state index contributed by atoms with van der Waals surface area (Å²) in [5, 5.41) is 1.26. The van der Waals surface area contributed by atoms with Gasteiger partial charge in [0, 0.05) is 45.9 Å². The lowest BCUT2D eigenvalue weighted by molar-refractivity contribution is -0.129. The van der Waals surface area contributed by atoms with Crippen molar-refractivity contribution in [1.29, 1.82) is 0 Å². The quantitative estimate of drug-likeness (QED) is 0.424. The summed E-state index contributed by atoms with van der Waals surface area (Å²) in [5.74, 6) is 0.635. The minimum atomic E-state index is -0.138. The maximum absolute atomic E-state index is 13.7. The van der Waals surface area contributed by atoms with Gasteiger partial charge < -0.3 is 9.80 Å². The molecular weight excluding hydrogens is 451 g/mol. The normalized spacial score (nSPS) is 17.6. The van der Waals surface area contributed by atoms with Gasteiger partial charge in [0.25, 0.3) is 0 Å². The van der Waals surface area contributed by atoms with Crippen molar-refractivity contribution < 1.29 is 9.18 Å². The van der Waals surface area contributed by atoms with Crippen LogP contribution < -0.4 is 0 Å². The number of hydrogen-bond donors (Lipinski definition) is 0. The Hall–Kier alpha value is -1.76. The summed E-state index contributed by atoms with van der Waals surface area (Å²) in [6.45, 7) is 11.2. The number of carbonyl (C=O) groups excluding carboxylic acids is 1. The van der Waals surface area contributed by atoms with E-state index in [1.165, 1.54) is 49.5 Å². The summed E-state index contributed by atoms with van der Waals surface area (Å²) in [5.41, 5.74) is 4.40. The number of benzene rings is 1. The van der Waals surface area contributed by atoms with Gasteiger partial charge >= 0.3 is 0 Å². The molecule has 2 aromatic heterocycles. The molecule has 0 radical (unpaired) electrons. The minimum absolute atomic E-state index is 0.138. The van der Waals surface area contributed by atoms with E-state index in [1.54, 1.807) is 30.4 Å². The molecule has 3 nitrogen and oxygen atoms in total. The first-order valence-corrected chi connectivity index (χ1v) is 13.9. The Balaban J connectivity index is 1.23. The van der Waals surface area contributed by atoms with E-state index in [0.29, 0.717) is 5.92 Å². The van der Waals surface area contributed by atoms with Gasteiger partial charge in [0.05, 0.1) is 0 Å². The number of piperidine rings is 1. The van der Waals surface area contributed by atoms with E-state index >= 15 is 0 Å². The minimum Gasteiger partial charge on any atom is -0.338 e. The third kappa shape index (κ3) is 4.50. The summed E-state index contributed by atoms with van der Waals surface area (Å²) in [6, 6.07) is 5.27. The van der Waals surface area contributed by atoms with Gasteiger partial charge in [-0.1, -0.05) is 13.0 Å². The average Bonchev–Trinajstić information content (AvgIpc) is 3.32. The van der Waals surface area contributed by atoms with Gasteiger partial charge in [-0.25, -0.2) is 4.39 Å². The molecule has 1 fully saturated rings. The standard InChI is InChI=1S/C27H33FN2OS2/c1-4-21-23-16-30(18(3)31)14-10-25(23)33-24(21)9-13-29-11-7-19(8-12-29)27-17(2)32-26-15-20(28)5-6-22(26)27/h5-6,15,19H,4,7-14,16H2,1-3H3. The lowest BCUT2D eigenvalue weighted by atomic mass is 9.87. The Bertz CT molecular complexity index is 1170. The van der Waals surface area contributed by atoms with E-state index in [-0.39, 0.29) is 11.7 Å². The predicted molar refractivity (Wildman–Crippen MR) is 137 cm³/mol. The smallest absolute Gasteiger partial charge is 0.219 e. The molecular formula is C27H33FN2OS2. The second-order valence-electron chi connectivity index (χ2n) is 9.53. The van der Waals surface area contributed by atoms with Gasteiger partial charge in [-0.3, -0.25) is 4.79 Å². The number of thiophene rings is 2. The topological polar surface area (TPSA) is 23.6 Å². The number of aryl methyl sites for hydroxylation is 1. The first-order chi connectivity index (χ1) is 15.9. The fourth-order valence-electron chi connectivity index (χ4n) is 5.81. The van der Waals surface area contributed by atoms with Crippen molar-refractivity contribution in [2.75, 3.05) is 26.2 Å². The van der Waals surface area contributed by atoms with Crippen LogP contribution in [0.15, 0.2) is 18.2 Å². The van der Waals surface area contributed by atoms with E-state index in [9.17, 15) is 9.18 Å². The first kappa shape index (κ1) is 23.0. The maximum atomic E-state index is 13.7. The largest absolute Gasteiger partial charge is 0.338 e. The molecule has 6 heteroatoms. The van der Waals surface area contributed by atoms with Crippen molar-refractivity contribution in [1.82, 2.24) is 9.80 Å². The second kappa shape index (κ2) is 9.47. The summed E-state index contributed by atoms with van der Waals surface area (Å²) in [4.78, 5) is 20.9. The van der Waals surface area contributed by atoms with E-state index < -0.39 is 0 Å². The molecule has 33 heavy (non-hydrogen) atoms. The van der Waals surface area contributed by atoms with E-state index in [4.69, 9.17) is 0 Å². The highest BCUT2D eigenvalue weighted by atomic mass is 32.1. The summed E-state index contributed by atoms with van der Waals surface area (Å²) in [6.07, 6.45) is 5.54. The van der Waals surface area contributed by atoms with Crippen LogP contribution in [0.3, 0.4) is 0 Å². The number of hydrogen-bond acceptors (Lipinski definition) is 4. The highest BCUT2D eigenvalue weighted by Crippen LogP contribution is 2.40. The Morgan fingerprint density at radius 3 is 2.70 bits per heavy atom. The van der Waals surface area contributed by atoms with Crippen LogP contribution in [0.4, 0.5) is 4.39 Å². The summed E-state index contributed by atoms with van der Waals surface area (Å²) in [7, 11) is 0. The van der Waals surface area contributed by atoms with Crippen LogP contribution in [-0.2, 0) is 30.6 Å². The molecule has 2 aliphatic rings. The van der Waals surface area contributed by atoms with Gasteiger partial charge in [-0.05, 0) is 92.2 Å². The zero-order valence-corrected chi connectivity index (χ0v) is 21.5. The van der Waals surface area contributed by atoms with Crippen molar-refractivity contribution in [3.8, 4) is 0 Å². The van der Waals surface area contributed by atoms with Crippen LogP contribution in [-0.4, -0.2) is 41.9 Å². The second-order valence-corrected chi connectivity index (χ2v) is 12.0. The van der Waals surface area contributed by atoms with Crippen molar-refractivity contribution in [2.45, 2.75) is 65.3 Å². The Kier molecular flexibility index (Phi) is 6.60. The van der Waals surface area contributed by atoms with Crippen molar-refractivity contribution >= 4 is 38.7 Å². The number of fused-ring (bicyclic) bond motifs is 2. The summed E-state index contributed by atoms with van der Waals surface area (Å²) >= 11 is 3.74. The number of likely N-dealkylation sites (tertiary alicyclic amines) is 1. The summed E-state index contributed by atoms with van der Waals surface area (Å²) < 4.78 is 14.7. The van der Waals surface area contributed by atoms with Crippen LogP contribution in [0, 0.1) is 12.7 Å². The zero-order chi connectivity index (χ0) is 23.1. The third-order valence-corrected chi connectivity index (χ3v) is 10.0. The van der Waals surface area contributed by atoms with E-state index in [1.807, 2.05) is 22.3 Å². The molecule has 176 valence electrons. The molecule has 0 aliphatic carbocycles. The van der Waals surface area contributed by atoms with E-state index in [2.05, 4.69) is 18.7 Å². The Labute approximate surface area is 204 Å². The number of nitrogens with zero attached hydrogens (tertiary/aromatic N) is 2.